The first-order chi connectivity index (χ1) is 8.19. The molecule has 1 saturated carbocycles. The zero-order valence-electron chi connectivity index (χ0n) is 9.74. The summed E-state index contributed by atoms with van der Waals surface area (Å²) in [5.41, 5.74) is -0.518. The average Bonchev–Trinajstić information content (AvgIpc) is 2.76. The summed E-state index contributed by atoms with van der Waals surface area (Å²) < 4.78 is 19.0. The first-order valence-corrected chi connectivity index (χ1v) is 5.70. The molecule has 2 unspecified atom stereocenters. The maximum absolute atomic E-state index is 13.4. The quantitative estimate of drug-likeness (QED) is 0.872. The lowest BCUT2D eigenvalue weighted by atomic mass is 10.0. The molecule has 0 aromatic heterocycles. The summed E-state index contributed by atoms with van der Waals surface area (Å²) in [6.07, 6.45) is 2.00. The lowest BCUT2D eigenvalue weighted by molar-refractivity contribution is 0.193. The van der Waals surface area contributed by atoms with Gasteiger partial charge in [-0.3, -0.25) is 0 Å². The highest BCUT2D eigenvalue weighted by Gasteiger charge is 2.39. The van der Waals surface area contributed by atoms with Gasteiger partial charge < -0.3 is 10.1 Å². The summed E-state index contributed by atoms with van der Waals surface area (Å²) in [6, 6.07) is 8.63. The first kappa shape index (κ1) is 11.9. The minimum absolute atomic E-state index is 0.0981. The van der Waals surface area contributed by atoms with Crippen LogP contribution in [-0.2, 0) is 0 Å². The van der Waals surface area contributed by atoms with Crippen LogP contribution in [0.15, 0.2) is 24.3 Å². The second-order valence-electron chi connectivity index (χ2n) is 4.36. The summed E-state index contributed by atoms with van der Waals surface area (Å²) in [6.45, 7) is 0. The van der Waals surface area contributed by atoms with E-state index < -0.39 is 5.54 Å². The van der Waals surface area contributed by atoms with Crippen LogP contribution in [0, 0.1) is 17.1 Å². The Labute approximate surface area is 100 Å². The SMILES string of the molecule is CNC1(C#N)CCC(Oc2ccccc2F)C1. The smallest absolute Gasteiger partial charge is 0.165 e. The summed E-state index contributed by atoms with van der Waals surface area (Å²) >= 11 is 0. The summed E-state index contributed by atoms with van der Waals surface area (Å²) in [5.74, 6) is -0.0891. The van der Waals surface area contributed by atoms with E-state index >= 15 is 0 Å². The maximum atomic E-state index is 13.4. The molecule has 2 atom stereocenters. The van der Waals surface area contributed by atoms with E-state index in [0.29, 0.717) is 6.42 Å². The second kappa shape index (κ2) is 4.72. The normalized spacial score (nSPS) is 27.7. The molecule has 17 heavy (non-hydrogen) atoms. The molecule has 4 heteroatoms. The Morgan fingerprint density at radius 3 is 2.88 bits per heavy atom. The lowest BCUT2D eigenvalue weighted by Crippen LogP contribution is -2.39. The zero-order valence-corrected chi connectivity index (χ0v) is 9.74. The molecular weight excluding hydrogens is 219 g/mol. The van der Waals surface area contributed by atoms with Crippen LogP contribution in [0.2, 0.25) is 0 Å². The van der Waals surface area contributed by atoms with Crippen LogP contribution in [0.4, 0.5) is 4.39 Å². The number of halogens is 1. The largest absolute Gasteiger partial charge is 0.487 e. The Kier molecular flexibility index (Phi) is 3.30. The van der Waals surface area contributed by atoms with Crippen molar-refractivity contribution in [3.63, 3.8) is 0 Å². The molecule has 1 aliphatic carbocycles. The maximum Gasteiger partial charge on any atom is 0.165 e. The van der Waals surface area contributed by atoms with Gasteiger partial charge in [-0.15, -0.1) is 0 Å². The van der Waals surface area contributed by atoms with Crippen LogP contribution in [-0.4, -0.2) is 18.7 Å². The van der Waals surface area contributed by atoms with E-state index in [2.05, 4.69) is 11.4 Å². The fourth-order valence-corrected chi connectivity index (χ4v) is 2.21. The van der Waals surface area contributed by atoms with E-state index in [-0.39, 0.29) is 17.7 Å². The molecule has 0 amide bonds. The van der Waals surface area contributed by atoms with E-state index in [1.807, 2.05) is 0 Å². The van der Waals surface area contributed by atoms with Gasteiger partial charge in [0.2, 0.25) is 0 Å². The molecule has 3 nitrogen and oxygen atoms in total. The Balaban J connectivity index is 2.04. The van der Waals surface area contributed by atoms with Gasteiger partial charge in [-0.2, -0.15) is 5.26 Å². The van der Waals surface area contributed by atoms with Gasteiger partial charge in [0.15, 0.2) is 11.6 Å². The van der Waals surface area contributed by atoms with Crippen molar-refractivity contribution in [2.24, 2.45) is 0 Å². The lowest BCUT2D eigenvalue weighted by Gasteiger charge is -2.20. The number of nitriles is 1. The molecule has 2 rings (SSSR count). The van der Waals surface area contributed by atoms with Crippen LogP contribution in [0.1, 0.15) is 19.3 Å². The van der Waals surface area contributed by atoms with Crippen molar-refractivity contribution in [1.82, 2.24) is 5.32 Å². The topological polar surface area (TPSA) is 45.0 Å². The van der Waals surface area contributed by atoms with Gasteiger partial charge in [-0.05, 0) is 32.0 Å². The van der Waals surface area contributed by atoms with Crippen molar-refractivity contribution < 1.29 is 9.13 Å². The minimum Gasteiger partial charge on any atom is -0.487 e. The van der Waals surface area contributed by atoms with Crippen LogP contribution in [0.3, 0.4) is 0 Å². The van der Waals surface area contributed by atoms with E-state index in [1.54, 1.807) is 25.2 Å². The van der Waals surface area contributed by atoms with Crippen LogP contribution in [0.5, 0.6) is 5.75 Å². The molecule has 90 valence electrons. The highest BCUT2D eigenvalue weighted by Crippen LogP contribution is 2.32. The molecule has 0 spiro atoms. The Bertz CT molecular complexity index is 443. The molecular formula is C13H15FN2O. The van der Waals surface area contributed by atoms with Crippen LogP contribution in [0.25, 0.3) is 0 Å². The van der Waals surface area contributed by atoms with Crippen molar-refractivity contribution in [1.29, 1.82) is 5.26 Å². The van der Waals surface area contributed by atoms with Crippen molar-refractivity contribution in [3.8, 4) is 11.8 Å². The van der Waals surface area contributed by atoms with Crippen LogP contribution >= 0.6 is 0 Å². The fourth-order valence-electron chi connectivity index (χ4n) is 2.21. The molecule has 0 heterocycles. The molecule has 1 N–H and O–H groups in total. The average molecular weight is 234 g/mol. The second-order valence-corrected chi connectivity index (χ2v) is 4.36. The Hall–Kier alpha value is -1.60. The molecule has 1 aliphatic rings. The molecule has 0 aliphatic heterocycles. The standard InChI is InChI=1S/C13H15FN2O/c1-16-13(9-15)7-6-10(8-13)17-12-5-3-2-4-11(12)14/h2-5,10,16H,6-8H2,1H3. The highest BCUT2D eigenvalue weighted by atomic mass is 19.1. The molecule has 1 fully saturated rings. The predicted octanol–water partition coefficient (Wildman–Crippen LogP) is 2.24. The third kappa shape index (κ3) is 2.40. The third-order valence-corrected chi connectivity index (χ3v) is 3.29. The van der Waals surface area contributed by atoms with Crippen molar-refractivity contribution in [3.05, 3.63) is 30.1 Å². The Morgan fingerprint density at radius 2 is 2.29 bits per heavy atom. The van der Waals surface area contributed by atoms with Crippen molar-refractivity contribution in [2.45, 2.75) is 30.9 Å². The fraction of sp³-hybridized carbons (Fsp3) is 0.462. The molecule has 1 aromatic rings. The summed E-state index contributed by atoms with van der Waals surface area (Å²) in [7, 11) is 1.77. The number of hydrogen-bond donors (Lipinski definition) is 1. The minimum atomic E-state index is -0.518. The van der Waals surface area contributed by atoms with Gasteiger partial charge in [-0.1, -0.05) is 12.1 Å². The highest BCUT2D eigenvalue weighted by molar-refractivity contribution is 5.24. The van der Waals surface area contributed by atoms with Crippen molar-refractivity contribution in [2.75, 3.05) is 7.05 Å². The molecule has 0 saturated heterocycles. The number of nitrogens with one attached hydrogen (secondary N) is 1. The molecule has 1 aromatic carbocycles. The van der Waals surface area contributed by atoms with Gasteiger partial charge in [0.25, 0.3) is 0 Å². The monoisotopic (exact) mass is 234 g/mol. The summed E-state index contributed by atoms with van der Waals surface area (Å²) in [4.78, 5) is 0. The van der Waals surface area contributed by atoms with Gasteiger partial charge in [0.1, 0.15) is 11.6 Å². The van der Waals surface area contributed by atoms with Gasteiger partial charge in [0, 0.05) is 6.42 Å². The first-order valence-electron chi connectivity index (χ1n) is 5.70. The third-order valence-electron chi connectivity index (χ3n) is 3.29. The number of nitrogens with zero attached hydrogens (tertiary/aromatic N) is 1. The number of para-hydroxylation sites is 1. The van der Waals surface area contributed by atoms with Crippen LogP contribution < -0.4 is 10.1 Å². The number of rotatable bonds is 3. The van der Waals surface area contributed by atoms with Crippen molar-refractivity contribution >= 4 is 0 Å². The van der Waals surface area contributed by atoms with Gasteiger partial charge >= 0.3 is 0 Å². The zero-order chi connectivity index (χ0) is 12.3. The van der Waals surface area contributed by atoms with Gasteiger partial charge in [-0.25, -0.2) is 4.39 Å². The van der Waals surface area contributed by atoms with E-state index in [1.165, 1.54) is 6.07 Å². The van der Waals surface area contributed by atoms with Gasteiger partial charge in [0.05, 0.1) is 6.07 Å². The molecule has 0 bridgehead atoms. The number of benzene rings is 1. The predicted molar refractivity (Wildman–Crippen MR) is 62.1 cm³/mol. The van der Waals surface area contributed by atoms with E-state index in [9.17, 15) is 4.39 Å². The molecule has 0 radical (unpaired) electrons. The van der Waals surface area contributed by atoms with E-state index in [4.69, 9.17) is 10.00 Å². The number of ether oxygens (including phenoxy) is 1. The summed E-state index contributed by atoms with van der Waals surface area (Å²) in [5, 5.41) is 12.1. The Morgan fingerprint density at radius 1 is 1.53 bits per heavy atom. The van der Waals surface area contributed by atoms with E-state index in [0.717, 1.165) is 12.8 Å². The number of hydrogen-bond acceptors (Lipinski definition) is 3.